The molecule has 240 valence electrons. The molecule has 2 aromatic carbocycles. The van der Waals surface area contributed by atoms with Crippen LogP contribution in [0.5, 0.6) is 5.75 Å². The van der Waals surface area contributed by atoms with Crippen molar-refractivity contribution in [3.63, 3.8) is 0 Å². The molecule has 1 aromatic heterocycles. The first-order chi connectivity index (χ1) is 20.9. The van der Waals surface area contributed by atoms with Crippen molar-refractivity contribution in [3.8, 4) is 5.75 Å². The Bertz CT molecular complexity index is 1780. The Morgan fingerprint density at radius 2 is 1.89 bits per heavy atom. The highest BCUT2D eigenvalue weighted by Gasteiger charge is 2.45. The molecule has 3 N–H and O–H groups in total. The molecule has 0 aliphatic carbocycles. The SMILES string of the molecule is CCn1cc(S(=O)(=O)N2CCC3(CC2)C[C@@H](NCC(O)COc2cccc(S(=O)(=O)NC)c2)CO3)c(=O)c2cc(C)ccc21. The smallest absolute Gasteiger partial charge is 0.248 e. The molecule has 12 nitrogen and oxygen atoms in total. The number of sulfonamides is 2. The van der Waals surface area contributed by atoms with Crippen LogP contribution in [0.4, 0.5) is 0 Å². The van der Waals surface area contributed by atoms with Crippen LogP contribution in [0, 0.1) is 6.92 Å². The zero-order valence-corrected chi connectivity index (χ0v) is 26.8. The molecule has 2 saturated heterocycles. The summed E-state index contributed by atoms with van der Waals surface area (Å²) < 4.78 is 68.6. The quantitative estimate of drug-likeness (QED) is 0.281. The number of hydrogen-bond donors (Lipinski definition) is 3. The number of ether oxygens (including phenoxy) is 2. The normalized spacial score (nSPS) is 19.9. The number of pyridine rings is 1. The van der Waals surface area contributed by atoms with Crippen LogP contribution in [0.1, 0.15) is 31.7 Å². The van der Waals surface area contributed by atoms with Gasteiger partial charge in [0.1, 0.15) is 23.4 Å². The van der Waals surface area contributed by atoms with E-state index in [1.54, 1.807) is 22.8 Å². The van der Waals surface area contributed by atoms with Crippen molar-refractivity contribution in [2.75, 3.05) is 39.9 Å². The molecule has 1 spiro atoms. The van der Waals surface area contributed by atoms with Gasteiger partial charge in [-0.1, -0.05) is 17.7 Å². The molecule has 3 aromatic rings. The van der Waals surface area contributed by atoms with E-state index in [1.807, 2.05) is 26.0 Å². The molecule has 3 heterocycles. The topological polar surface area (TPSA) is 156 Å². The van der Waals surface area contributed by atoms with Crippen LogP contribution in [0.25, 0.3) is 10.9 Å². The Morgan fingerprint density at radius 1 is 1.14 bits per heavy atom. The number of nitrogens with one attached hydrogen (secondary N) is 2. The summed E-state index contributed by atoms with van der Waals surface area (Å²) in [6.45, 7) is 5.44. The van der Waals surface area contributed by atoms with Crippen LogP contribution < -0.4 is 20.2 Å². The summed E-state index contributed by atoms with van der Waals surface area (Å²) in [4.78, 5) is 13.2. The lowest BCUT2D eigenvalue weighted by atomic mass is 9.88. The number of piperidine rings is 1. The molecular weight excluding hydrogens is 608 g/mol. The number of aryl methyl sites for hydroxylation is 2. The Labute approximate surface area is 258 Å². The highest BCUT2D eigenvalue weighted by molar-refractivity contribution is 7.89. The van der Waals surface area contributed by atoms with Gasteiger partial charge >= 0.3 is 0 Å². The average molecular weight is 649 g/mol. The van der Waals surface area contributed by atoms with Crippen molar-refractivity contribution in [2.24, 2.45) is 0 Å². The average Bonchev–Trinajstić information content (AvgIpc) is 3.41. The molecule has 0 amide bonds. The zero-order chi connectivity index (χ0) is 31.7. The van der Waals surface area contributed by atoms with Gasteiger partial charge in [0.2, 0.25) is 25.5 Å². The summed E-state index contributed by atoms with van der Waals surface area (Å²) in [5.41, 5.74) is 0.645. The van der Waals surface area contributed by atoms with E-state index in [1.165, 1.54) is 29.7 Å². The van der Waals surface area contributed by atoms with Gasteiger partial charge in [-0.3, -0.25) is 4.79 Å². The van der Waals surface area contributed by atoms with E-state index in [-0.39, 0.29) is 42.1 Å². The Kier molecular flexibility index (Phi) is 9.52. The molecule has 44 heavy (non-hydrogen) atoms. The number of aliphatic hydroxyl groups excluding tert-OH is 1. The fourth-order valence-electron chi connectivity index (χ4n) is 5.93. The van der Waals surface area contributed by atoms with E-state index in [2.05, 4.69) is 10.0 Å². The third-order valence-corrected chi connectivity index (χ3v) is 11.8. The van der Waals surface area contributed by atoms with Gasteiger partial charge in [0.15, 0.2) is 0 Å². The summed E-state index contributed by atoms with van der Waals surface area (Å²) in [7, 11) is -6.28. The fourth-order valence-corrected chi connectivity index (χ4v) is 8.24. The number of hydrogen-bond acceptors (Lipinski definition) is 9. The minimum Gasteiger partial charge on any atom is -0.491 e. The summed E-state index contributed by atoms with van der Waals surface area (Å²) in [5, 5.41) is 14.2. The first kappa shape index (κ1) is 32.5. The molecule has 0 radical (unpaired) electrons. The fraction of sp³-hybridized carbons (Fsp3) is 0.500. The van der Waals surface area contributed by atoms with Gasteiger partial charge < -0.3 is 24.5 Å². The van der Waals surface area contributed by atoms with Gasteiger partial charge in [0.05, 0.1) is 22.6 Å². The maximum Gasteiger partial charge on any atom is 0.248 e. The van der Waals surface area contributed by atoms with Crippen molar-refractivity contribution >= 4 is 30.9 Å². The lowest BCUT2D eigenvalue weighted by Crippen LogP contribution is -2.47. The minimum atomic E-state index is -4.01. The standard InChI is InChI=1S/C30H40N4O8S2/c1-4-33-18-28(29(36)26-14-21(2)8-9-27(26)33)44(39,40)34-12-10-30(11-13-34)16-22(19-42-30)32-17-23(35)20-41-24-6-5-7-25(15-24)43(37,38)31-3/h5-9,14-15,18,22-23,31-32,35H,4,10-13,16-17,19-20H2,1-3H3/t22-,23?/m1/s1. The van der Waals surface area contributed by atoms with Crippen molar-refractivity contribution in [1.82, 2.24) is 18.9 Å². The first-order valence-corrected chi connectivity index (χ1v) is 17.7. The molecular formula is C30H40N4O8S2. The van der Waals surface area contributed by atoms with E-state index in [0.717, 1.165) is 5.56 Å². The summed E-state index contributed by atoms with van der Waals surface area (Å²) in [6.07, 6.45) is 2.27. The molecule has 2 aliphatic rings. The van der Waals surface area contributed by atoms with Crippen LogP contribution >= 0.6 is 0 Å². The second-order valence-electron chi connectivity index (χ2n) is 11.5. The van der Waals surface area contributed by atoms with E-state index >= 15 is 0 Å². The van der Waals surface area contributed by atoms with Crippen molar-refractivity contribution < 1.29 is 31.4 Å². The first-order valence-electron chi connectivity index (χ1n) is 14.7. The van der Waals surface area contributed by atoms with Crippen LogP contribution in [-0.4, -0.2) is 88.5 Å². The summed E-state index contributed by atoms with van der Waals surface area (Å²) in [6, 6.07) is 11.5. The van der Waals surface area contributed by atoms with Crippen LogP contribution in [0.3, 0.4) is 0 Å². The minimum absolute atomic E-state index is 0.0302. The number of nitrogens with zero attached hydrogens (tertiary/aromatic N) is 2. The van der Waals surface area contributed by atoms with Crippen LogP contribution in [0.2, 0.25) is 0 Å². The number of aromatic nitrogens is 1. The molecule has 0 bridgehead atoms. The van der Waals surface area contributed by atoms with Crippen LogP contribution in [0.15, 0.2) is 63.2 Å². The lowest BCUT2D eigenvalue weighted by molar-refractivity contribution is -0.0312. The van der Waals surface area contributed by atoms with Crippen molar-refractivity contribution in [3.05, 3.63) is 64.4 Å². The largest absolute Gasteiger partial charge is 0.491 e. The van der Waals surface area contributed by atoms with Gasteiger partial charge in [0.25, 0.3) is 0 Å². The molecule has 14 heteroatoms. The molecule has 1 unspecified atom stereocenters. The molecule has 2 aliphatic heterocycles. The van der Waals surface area contributed by atoms with Gasteiger partial charge in [-0.05, 0) is 64.4 Å². The van der Waals surface area contributed by atoms with Gasteiger partial charge in [0, 0.05) is 49.9 Å². The number of benzene rings is 2. The molecule has 5 rings (SSSR count). The van der Waals surface area contributed by atoms with Gasteiger partial charge in [-0.25, -0.2) is 21.6 Å². The second kappa shape index (κ2) is 12.9. The Balaban J connectivity index is 1.15. The molecule has 2 atom stereocenters. The maximum atomic E-state index is 13.7. The van der Waals surface area contributed by atoms with Crippen LogP contribution in [-0.2, 0) is 31.3 Å². The van der Waals surface area contributed by atoms with Gasteiger partial charge in [-0.15, -0.1) is 0 Å². The highest BCUT2D eigenvalue weighted by atomic mass is 32.2. The van der Waals surface area contributed by atoms with E-state index < -0.39 is 37.2 Å². The van der Waals surface area contributed by atoms with Gasteiger partial charge in [-0.2, -0.15) is 4.31 Å². The Morgan fingerprint density at radius 3 is 2.59 bits per heavy atom. The zero-order valence-electron chi connectivity index (χ0n) is 25.2. The summed E-state index contributed by atoms with van der Waals surface area (Å²) >= 11 is 0. The highest BCUT2D eigenvalue weighted by Crippen LogP contribution is 2.37. The Hall–Kier alpha value is -2.85. The number of fused-ring (bicyclic) bond motifs is 1. The predicted octanol–water partition coefficient (Wildman–Crippen LogP) is 1.58. The summed E-state index contributed by atoms with van der Waals surface area (Å²) in [5.74, 6) is 0.331. The third kappa shape index (κ3) is 6.71. The molecule has 2 fully saturated rings. The lowest BCUT2D eigenvalue weighted by Gasteiger charge is -2.38. The maximum absolute atomic E-state index is 13.7. The monoisotopic (exact) mass is 648 g/mol. The van der Waals surface area contributed by atoms with Crippen molar-refractivity contribution in [2.45, 2.75) is 67.2 Å². The third-order valence-electron chi connectivity index (χ3n) is 8.47. The molecule has 0 saturated carbocycles. The van der Waals surface area contributed by atoms with E-state index in [0.29, 0.717) is 49.1 Å². The van der Waals surface area contributed by atoms with E-state index in [9.17, 15) is 26.7 Å². The van der Waals surface area contributed by atoms with Crippen molar-refractivity contribution in [1.29, 1.82) is 0 Å². The predicted molar refractivity (Wildman–Crippen MR) is 166 cm³/mol. The second-order valence-corrected chi connectivity index (χ2v) is 15.3. The number of aliphatic hydroxyl groups is 1. The van der Waals surface area contributed by atoms with E-state index in [4.69, 9.17) is 9.47 Å². The number of rotatable bonds is 11.